The van der Waals surface area contributed by atoms with Crippen molar-refractivity contribution < 1.29 is 19.0 Å². The van der Waals surface area contributed by atoms with Gasteiger partial charge in [0.2, 0.25) is 6.79 Å². The highest BCUT2D eigenvalue weighted by atomic mass is 16.7. The number of nitrogens with zero attached hydrogens (tertiary/aromatic N) is 1. The van der Waals surface area contributed by atoms with E-state index in [0.29, 0.717) is 18.8 Å². The van der Waals surface area contributed by atoms with E-state index in [1.807, 2.05) is 0 Å². The van der Waals surface area contributed by atoms with Crippen molar-refractivity contribution in [3.8, 4) is 11.5 Å². The number of esters is 1. The summed E-state index contributed by atoms with van der Waals surface area (Å²) in [4.78, 5) is 14.1. The van der Waals surface area contributed by atoms with Gasteiger partial charge >= 0.3 is 5.97 Å². The molecule has 0 unspecified atom stereocenters. The van der Waals surface area contributed by atoms with Crippen molar-refractivity contribution in [3.63, 3.8) is 0 Å². The normalized spacial score (nSPS) is 32.8. The minimum Gasteiger partial charge on any atom is -0.458 e. The van der Waals surface area contributed by atoms with Gasteiger partial charge in [0.15, 0.2) is 11.5 Å². The summed E-state index contributed by atoms with van der Waals surface area (Å²) in [7, 11) is 0. The van der Waals surface area contributed by atoms with E-state index >= 15 is 0 Å². The number of carbonyl (C=O) groups is 1. The highest BCUT2D eigenvalue weighted by molar-refractivity contribution is 5.66. The van der Waals surface area contributed by atoms with Crippen molar-refractivity contribution in [2.45, 2.75) is 44.9 Å². The molecule has 3 aliphatic heterocycles. The summed E-state index contributed by atoms with van der Waals surface area (Å²) in [6.07, 6.45) is 3.12. The first-order valence-corrected chi connectivity index (χ1v) is 8.66. The number of hydrogen-bond donors (Lipinski definition) is 0. The van der Waals surface area contributed by atoms with Crippen LogP contribution in [0.2, 0.25) is 0 Å². The van der Waals surface area contributed by atoms with Crippen LogP contribution in [0.25, 0.3) is 0 Å². The predicted octanol–water partition coefficient (Wildman–Crippen LogP) is 2.59. The van der Waals surface area contributed by atoms with Crippen LogP contribution in [0.5, 0.6) is 11.5 Å². The molecule has 4 atom stereocenters. The molecule has 1 aliphatic carbocycles. The molecular weight excluding hydrogens is 306 g/mol. The number of fused-ring (bicyclic) bond motifs is 3. The predicted molar refractivity (Wildman–Crippen MR) is 86.9 cm³/mol. The summed E-state index contributed by atoms with van der Waals surface area (Å²) < 4.78 is 16.8. The molecule has 0 radical (unpaired) electrons. The van der Waals surface area contributed by atoms with Crippen molar-refractivity contribution in [3.05, 3.63) is 34.9 Å². The maximum atomic E-state index is 11.5. The summed E-state index contributed by atoms with van der Waals surface area (Å²) in [5.41, 5.74) is 4.07. The molecule has 0 saturated carbocycles. The van der Waals surface area contributed by atoms with Gasteiger partial charge in [-0.15, -0.1) is 0 Å². The van der Waals surface area contributed by atoms with Gasteiger partial charge < -0.3 is 14.2 Å². The monoisotopic (exact) mass is 327 g/mol. The van der Waals surface area contributed by atoms with Crippen LogP contribution >= 0.6 is 0 Å². The molecule has 5 rings (SSSR count). The fraction of sp³-hybridized carbons (Fsp3) is 0.526. The fourth-order valence-electron chi connectivity index (χ4n) is 4.92. The Bertz CT molecular complexity index is 756. The molecule has 4 aliphatic rings. The van der Waals surface area contributed by atoms with E-state index in [0.717, 1.165) is 31.0 Å². The quantitative estimate of drug-likeness (QED) is 0.586. The smallest absolute Gasteiger partial charge is 0.303 e. The lowest BCUT2D eigenvalue weighted by atomic mass is 9.69. The second kappa shape index (κ2) is 4.99. The molecule has 3 heterocycles. The van der Waals surface area contributed by atoms with Gasteiger partial charge in [0.05, 0.1) is 0 Å². The van der Waals surface area contributed by atoms with Gasteiger partial charge in [-0.3, -0.25) is 9.69 Å². The van der Waals surface area contributed by atoms with Crippen LogP contribution in [0.4, 0.5) is 0 Å². The van der Waals surface area contributed by atoms with Crippen LogP contribution in [0, 0.1) is 5.92 Å². The number of hydrogen-bond acceptors (Lipinski definition) is 5. The van der Waals surface area contributed by atoms with Gasteiger partial charge in [-0.05, 0) is 35.8 Å². The SMILES string of the molecule is CC(=O)O[C@H]1C=C2CCN3Cc4cc5c(cc4[C@H]([C@@H]1C)[C@@H]23)OCO5. The second-order valence-corrected chi connectivity index (χ2v) is 7.27. The Hall–Kier alpha value is -2.01. The van der Waals surface area contributed by atoms with Crippen molar-refractivity contribution >= 4 is 5.97 Å². The number of rotatable bonds is 1. The average Bonchev–Trinajstić information content (AvgIpc) is 3.15. The zero-order chi connectivity index (χ0) is 16.4. The molecule has 24 heavy (non-hydrogen) atoms. The molecule has 1 fully saturated rings. The van der Waals surface area contributed by atoms with E-state index in [9.17, 15) is 4.79 Å². The van der Waals surface area contributed by atoms with Gasteiger partial charge in [-0.2, -0.15) is 0 Å². The lowest BCUT2D eigenvalue weighted by molar-refractivity contribution is -0.147. The van der Waals surface area contributed by atoms with E-state index < -0.39 is 0 Å². The standard InChI is InChI=1S/C19H21NO4/c1-10-15(24-11(2)21)5-12-3-4-20-8-13-6-16-17(23-9-22-16)7-14(13)18(10)19(12)20/h5-7,10,15,18-19H,3-4,8-9H2,1-2H3/t10-,15+,18+,19-/m1/s1. The number of carbonyl (C=O) groups excluding carboxylic acids is 1. The number of benzene rings is 1. The maximum Gasteiger partial charge on any atom is 0.303 e. The Morgan fingerprint density at radius 1 is 1.29 bits per heavy atom. The minimum atomic E-state index is -0.210. The van der Waals surface area contributed by atoms with E-state index in [1.165, 1.54) is 23.6 Å². The zero-order valence-corrected chi connectivity index (χ0v) is 14.0. The summed E-state index contributed by atoms with van der Waals surface area (Å²) >= 11 is 0. The highest BCUT2D eigenvalue weighted by Crippen LogP contribution is 2.51. The Balaban J connectivity index is 1.62. The molecule has 5 heteroatoms. The minimum absolute atomic E-state index is 0.143. The molecule has 1 aromatic carbocycles. The van der Waals surface area contributed by atoms with Crippen LogP contribution in [-0.2, 0) is 16.1 Å². The molecule has 0 spiro atoms. The third-order valence-electron chi connectivity index (χ3n) is 5.93. The van der Waals surface area contributed by atoms with Crippen molar-refractivity contribution in [1.29, 1.82) is 0 Å². The van der Waals surface area contributed by atoms with Crippen molar-refractivity contribution in [2.75, 3.05) is 13.3 Å². The van der Waals surface area contributed by atoms with E-state index in [4.69, 9.17) is 14.2 Å². The first-order chi connectivity index (χ1) is 11.6. The van der Waals surface area contributed by atoms with Gasteiger partial charge in [-0.1, -0.05) is 12.5 Å². The molecule has 0 aromatic heterocycles. The molecule has 126 valence electrons. The Labute approximate surface area is 141 Å². The van der Waals surface area contributed by atoms with Crippen LogP contribution in [0.1, 0.15) is 37.3 Å². The van der Waals surface area contributed by atoms with Gasteiger partial charge in [0.25, 0.3) is 0 Å². The van der Waals surface area contributed by atoms with E-state index in [-0.39, 0.29) is 18.0 Å². The molecule has 1 saturated heterocycles. The second-order valence-electron chi connectivity index (χ2n) is 7.27. The lowest BCUT2D eigenvalue weighted by Gasteiger charge is -2.46. The lowest BCUT2D eigenvalue weighted by Crippen LogP contribution is -2.47. The van der Waals surface area contributed by atoms with Gasteiger partial charge in [-0.25, -0.2) is 0 Å². The largest absolute Gasteiger partial charge is 0.458 e. The summed E-state index contributed by atoms with van der Waals surface area (Å²) in [6, 6.07) is 4.72. The van der Waals surface area contributed by atoms with Gasteiger partial charge in [0.1, 0.15) is 6.10 Å². The zero-order valence-electron chi connectivity index (χ0n) is 14.0. The molecular formula is C19H21NO4. The topological polar surface area (TPSA) is 48.0 Å². The average molecular weight is 327 g/mol. The Morgan fingerprint density at radius 2 is 2.08 bits per heavy atom. The Kier molecular flexibility index (Phi) is 2.98. The van der Waals surface area contributed by atoms with Crippen LogP contribution < -0.4 is 9.47 Å². The molecule has 0 N–H and O–H groups in total. The van der Waals surface area contributed by atoms with Crippen molar-refractivity contribution in [2.24, 2.45) is 5.92 Å². The molecule has 0 bridgehead atoms. The maximum absolute atomic E-state index is 11.5. The number of ether oxygens (including phenoxy) is 3. The summed E-state index contributed by atoms with van der Waals surface area (Å²) in [5, 5.41) is 0. The first kappa shape index (κ1) is 14.3. The fourth-order valence-corrected chi connectivity index (χ4v) is 4.92. The van der Waals surface area contributed by atoms with Gasteiger partial charge in [0, 0.05) is 37.9 Å². The third-order valence-corrected chi connectivity index (χ3v) is 5.93. The Morgan fingerprint density at radius 3 is 2.88 bits per heavy atom. The van der Waals surface area contributed by atoms with Crippen molar-refractivity contribution in [1.82, 2.24) is 4.90 Å². The summed E-state index contributed by atoms with van der Waals surface area (Å²) in [5.74, 6) is 2.05. The van der Waals surface area contributed by atoms with E-state index in [2.05, 4.69) is 30.0 Å². The molecule has 1 aromatic rings. The van der Waals surface area contributed by atoms with Crippen LogP contribution in [-0.4, -0.2) is 36.4 Å². The van der Waals surface area contributed by atoms with Crippen LogP contribution in [0.15, 0.2) is 23.8 Å². The molecule has 0 amide bonds. The van der Waals surface area contributed by atoms with E-state index in [1.54, 1.807) is 0 Å². The van der Waals surface area contributed by atoms with Crippen LogP contribution in [0.3, 0.4) is 0 Å². The first-order valence-electron chi connectivity index (χ1n) is 8.66. The molecule has 5 nitrogen and oxygen atoms in total. The third kappa shape index (κ3) is 1.94. The summed E-state index contributed by atoms with van der Waals surface area (Å²) in [6.45, 7) is 6.01. The highest BCUT2D eigenvalue weighted by Gasteiger charge is 2.48.